The Morgan fingerprint density at radius 1 is 1.19 bits per heavy atom. The minimum atomic E-state index is -1.07. The Morgan fingerprint density at radius 2 is 1.76 bits per heavy atom. The van der Waals surface area contributed by atoms with Crippen molar-refractivity contribution in [2.75, 3.05) is 20.1 Å². The lowest BCUT2D eigenvalue weighted by molar-refractivity contribution is -0.140. The van der Waals surface area contributed by atoms with Crippen LogP contribution in [-0.2, 0) is 9.59 Å². The van der Waals surface area contributed by atoms with Crippen LogP contribution in [0.15, 0.2) is 0 Å². The molecule has 0 radical (unpaired) electrons. The molecule has 0 aliphatic carbocycles. The first-order valence-corrected chi connectivity index (χ1v) is 7.20. The van der Waals surface area contributed by atoms with Crippen LogP contribution in [0.4, 0.5) is 4.79 Å². The van der Waals surface area contributed by atoms with Crippen molar-refractivity contribution in [2.45, 2.75) is 40.2 Å². The van der Waals surface area contributed by atoms with Gasteiger partial charge in [0.25, 0.3) is 0 Å². The largest absolute Gasteiger partial charge is 0.480 e. The number of nitrogens with one attached hydrogen (secondary N) is 2. The Kier molecular flexibility index (Phi) is 8.42. The average molecular weight is 301 g/mol. The zero-order chi connectivity index (χ0) is 16.6. The molecule has 3 amide bonds. The van der Waals surface area contributed by atoms with E-state index in [9.17, 15) is 14.4 Å². The van der Waals surface area contributed by atoms with E-state index in [2.05, 4.69) is 10.6 Å². The van der Waals surface area contributed by atoms with E-state index in [-0.39, 0.29) is 18.4 Å². The van der Waals surface area contributed by atoms with Gasteiger partial charge in [0.1, 0.15) is 12.6 Å². The first-order chi connectivity index (χ1) is 9.68. The predicted molar refractivity (Wildman–Crippen MR) is 79.9 cm³/mol. The van der Waals surface area contributed by atoms with Crippen LogP contribution in [0.2, 0.25) is 0 Å². The lowest BCUT2D eigenvalue weighted by Gasteiger charge is -2.24. The van der Waals surface area contributed by atoms with E-state index in [1.165, 1.54) is 11.9 Å². The third-order valence-electron chi connectivity index (χ3n) is 3.19. The summed E-state index contributed by atoms with van der Waals surface area (Å²) in [5, 5.41) is 14.3. The molecule has 3 N–H and O–H groups in total. The Labute approximate surface area is 126 Å². The smallest absolute Gasteiger partial charge is 0.326 e. The van der Waals surface area contributed by atoms with E-state index in [1.54, 1.807) is 6.92 Å². The summed E-state index contributed by atoms with van der Waals surface area (Å²) in [5.74, 6) is -1.20. The van der Waals surface area contributed by atoms with Crippen LogP contribution in [-0.4, -0.2) is 54.1 Å². The molecule has 0 fully saturated rings. The molecular weight excluding hydrogens is 274 g/mol. The SMILES string of the molecule is CC[C@H](C)[C@H](NC(=O)N(C)CC(=O)NCC(C)C)C(=O)O. The van der Waals surface area contributed by atoms with Crippen LogP contribution >= 0.6 is 0 Å². The minimum absolute atomic E-state index is 0.106. The second kappa shape index (κ2) is 9.20. The fourth-order valence-electron chi connectivity index (χ4n) is 1.59. The third-order valence-corrected chi connectivity index (χ3v) is 3.19. The standard InChI is InChI=1S/C14H27N3O4/c1-6-10(4)12(13(19)20)16-14(21)17(5)8-11(18)15-7-9(2)3/h9-10,12H,6-8H2,1-5H3,(H,15,18)(H,16,21)(H,19,20)/t10-,12-/m0/s1. The molecule has 0 saturated heterocycles. The second-order valence-electron chi connectivity index (χ2n) is 5.70. The van der Waals surface area contributed by atoms with Crippen LogP contribution in [0.1, 0.15) is 34.1 Å². The number of carboxylic acids is 1. The second-order valence-corrected chi connectivity index (χ2v) is 5.70. The first-order valence-electron chi connectivity index (χ1n) is 7.20. The van der Waals surface area contributed by atoms with Crippen LogP contribution in [0.5, 0.6) is 0 Å². The number of aliphatic carboxylic acids is 1. The topological polar surface area (TPSA) is 98.7 Å². The van der Waals surface area contributed by atoms with Crippen molar-refractivity contribution >= 4 is 17.9 Å². The molecular formula is C14H27N3O4. The molecule has 0 saturated carbocycles. The molecule has 0 aromatic rings. The van der Waals surface area contributed by atoms with Gasteiger partial charge in [-0.05, 0) is 11.8 Å². The zero-order valence-electron chi connectivity index (χ0n) is 13.5. The summed E-state index contributed by atoms with van der Waals surface area (Å²) in [5.41, 5.74) is 0. The maximum atomic E-state index is 11.9. The van der Waals surface area contributed by atoms with Gasteiger partial charge in [0, 0.05) is 13.6 Å². The van der Waals surface area contributed by atoms with Crippen molar-refractivity contribution in [1.82, 2.24) is 15.5 Å². The van der Waals surface area contributed by atoms with Crippen molar-refractivity contribution in [3.8, 4) is 0 Å². The summed E-state index contributed by atoms with van der Waals surface area (Å²) in [4.78, 5) is 35.9. The molecule has 122 valence electrons. The van der Waals surface area contributed by atoms with Crippen molar-refractivity contribution in [3.63, 3.8) is 0 Å². The molecule has 0 rings (SSSR count). The number of carboxylic acid groups (broad SMARTS) is 1. The summed E-state index contributed by atoms with van der Waals surface area (Å²) < 4.78 is 0. The molecule has 0 spiro atoms. The fourth-order valence-corrected chi connectivity index (χ4v) is 1.59. The van der Waals surface area contributed by atoms with Crippen LogP contribution in [0.25, 0.3) is 0 Å². The Morgan fingerprint density at radius 3 is 2.19 bits per heavy atom. The van der Waals surface area contributed by atoms with Gasteiger partial charge in [0.15, 0.2) is 0 Å². The van der Waals surface area contributed by atoms with Gasteiger partial charge in [-0.15, -0.1) is 0 Å². The highest BCUT2D eigenvalue weighted by Crippen LogP contribution is 2.08. The number of hydrogen-bond donors (Lipinski definition) is 3. The van der Waals surface area contributed by atoms with E-state index >= 15 is 0 Å². The zero-order valence-corrected chi connectivity index (χ0v) is 13.5. The van der Waals surface area contributed by atoms with Gasteiger partial charge < -0.3 is 20.6 Å². The van der Waals surface area contributed by atoms with Gasteiger partial charge in [-0.3, -0.25) is 4.79 Å². The fraction of sp³-hybridized carbons (Fsp3) is 0.786. The van der Waals surface area contributed by atoms with Crippen molar-refractivity contribution < 1.29 is 19.5 Å². The number of likely N-dealkylation sites (N-methyl/N-ethyl adjacent to an activating group) is 1. The number of nitrogens with zero attached hydrogens (tertiary/aromatic N) is 1. The highest BCUT2D eigenvalue weighted by atomic mass is 16.4. The summed E-state index contributed by atoms with van der Waals surface area (Å²) in [6.45, 7) is 8.00. The van der Waals surface area contributed by atoms with Gasteiger partial charge in [-0.1, -0.05) is 34.1 Å². The van der Waals surface area contributed by atoms with Crippen molar-refractivity contribution in [2.24, 2.45) is 11.8 Å². The number of amides is 3. The maximum Gasteiger partial charge on any atom is 0.326 e. The summed E-state index contributed by atoms with van der Waals surface area (Å²) >= 11 is 0. The summed E-state index contributed by atoms with van der Waals surface area (Å²) in [7, 11) is 1.46. The predicted octanol–water partition coefficient (Wildman–Crippen LogP) is 0.899. The third kappa shape index (κ3) is 7.53. The highest BCUT2D eigenvalue weighted by Gasteiger charge is 2.26. The van der Waals surface area contributed by atoms with E-state index in [0.717, 1.165) is 0 Å². The lowest BCUT2D eigenvalue weighted by Crippen LogP contribution is -2.51. The quantitative estimate of drug-likeness (QED) is 0.620. The summed E-state index contributed by atoms with van der Waals surface area (Å²) in [6.07, 6.45) is 0.635. The molecule has 7 heteroatoms. The Bertz CT molecular complexity index is 371. The molecule has 0 aromatic heterocycles. The monoisotopic (exact) mass is 301 g/mol. The van der Waals surface area contributed by atoms with Gasteiger partial charge in [-0.2, -0.15) is 0 Å². The maximum absolute atomic E-state index is 11.9. The van der Waals surface area contributed by atoms with Gasteiger partial charge in [0.05, 0.1) is 0 Å². The Balaban J connectivity index is 4.42. The molecule has 0 aliphatic rings. The molecule has 0 aliphatic heterocycles. The molecule has 7 nitrogen and oxygen atoms in total. The first kappa shape index (κ1) is 19.2. The van der Waals surface area contributed by atoms with E-state index in [1.807, 2.05) is 20.8 Å². The number of carbonyl (C=O) groups is 3. The molecule has 0 unspecified atom stereocenters. The van der Waals surface area contributed by atoms with E-state index < -0.39 is 18.0 Å². The molecule has 0 heterocycles. The molecule has 21 heavy (non-hydrogen) atoms. The normalized spacial score (nSPS) is 13.4. The molecule has 0 aromatic carbocycles. The molecule has 2 atom stereocenters. The van der Waals surface area contributed by atoms with Crippen LogP contribution < -0.4 is 10.6 Å². The minimum Gasteiger partial charge on any atom is -0.480 e. The van der Waals surface area contributed by atoms with Crippen molar-refractivity contribution in [3.05, 3.63) is 0 Å². The van der Waals surface area contributed by atoms with Crippen molar-refractivity contribution in [1.29, 1.82) is 0 Å². The molecule has 0 bridgehead atoms. The van der Waals surface area contributed by atoms with Crippen LogP contribution in [0.3, 0.4) is 0 Å². The number of hydrogen-bond acceptors (Lipinski definition) is 3. The van der Waals surface area contributed by atoms with E-state index in [4.69, 9.17) is 5.11 Å². The average Bonchev–Trinajstić information content (AvgIpc) is 2.40. The number of urea groups is 1. The van der Waals surface area contributed by atoms with Gasteiger partial charge in [-0.25, -0.2) is 9.59 Å². The number of rotatable bonds is 8. The van der Waals surface area contributed by atoms with E-state index in [0.29, 0.717) is 18.9 Å². The lowest BCUT2D eigenvalue weighted by atomic mass is 9.99. The summed E-state index contributed by atoms with van der Waals surface area (Å²) in [6, 6.07) is -1.52. The van der Waals surface area contributed by atoms with Crippen LogP contribution in [0, 0.1) is 11.8 Å². The Hall–Kier alpha value is -1.79. The number of carbonyl (C=O) groups excluding carboxylic acids is 2. The highest BCUT2D eigenvalue weighted by molar-refractivity contribution is 5.86. The van der Waals surface area contributed by atoms with Gasteiger partial charge >= 0.3 is 12.0 Å². The van der Waals surface area contributed by atoms with Gasteiger partial charge in [0.2, 0.25) is 5.91 Å².